The van der Waals surface area contributed by atoms with Gasteiger partial charge in [0.15, 0.2) is 12.1 Å². The highest BCUT2D eigenvalue weighted by molar-refractivity contribution is 8.05. The molecule has 0 aliphatic carbocycles. The third-order valence-corrected chi connectivity index (χ3v) is 6.05. The molecule has 0 radical (unpaired) electrons. The molecular weight excluding hydrogens is 474 g/mol. The number of para-hydroxylation sites is 1. The van der Waals surface area contributed by atoms with Crippen LogP contribution in [-0.2, 0) is 9.59 Å². The van der Waals surface area contributed by atoms with E-state index in [1.165, 1.54) is 11.8 Å². The van der Waals surface area contributed by atoms with Gasteiger partial charge in [-0.05, 0) is 54.1 Å². The van der Waals surface area contributed by atoms with E-state index in [0.717, 1.165) is 5.56 Å². The van der Waals surface area contributed by atoms with E-state index in [9.17, 15) is 9.59 Å². The minimum absolute atomic E-state index is 0.103. The lowest BCUT2D eigenvalue weighted by Crippen LogP contribution is -2.31. The molecule has 7 nitrogen and oxygen atoms in total. The summed E-state index contributed by atoms with van der Waals surface area (Å²) in [7, 11) is 1.57. The molecule has 0 bridgehead atoms. The van der Waals surface area contributed by atoms with Crippen LogP contribution in [0.25, 0.3) is 6.08 Å². The summed E-state index contributed by atoms with van der Waals surface area (Å²) in [6.45, 7) is -0.103. The number of carbonyl (C=O) groups excluding carboxylic acids is 2. The van der Waals surface area contributed by atoms with E-state index < -0.39 is 0 Å². The molecule has 1 atom stereocenters. The largest absolute Gasteiger partial charge is 0.495 e. The Balaban J connectivity index is 1.33. The number of thioether (sulfide) groups is 1. The van der Waals surface area contributed by atoms with Crippen molar-refractivity contribution in [2.75, 3.05) is 24.4 Å². The van der Waals surface area contributed by atoms with Crippen molar-refractivity contribution in [1.29, 1.82) is 0 Å². The van der Waals surface area contributed by atoms with Crippen LogP contribution < -0.4 is 25.4 Å². The molecule has 0 aromatic heterocycles. The Bertz CT molecular complexity index is 1200. The lowest BCUT2D eigenvalue weighted by atomic mass is 10.2. The summed E-state index contributed by atoms with van der Waals surface area (Å²) < 4.78 is 10.9. The standard InChI is InChI=1S/C25H22ClN3O4S/c1-32-21-12-9-17(26)14-20(21)28-25-29-24(31)22(34-25)13-16-7-10-19(11-8-16)33-15-23(30)27-18-5-3-2-4-6-18/h2-14,25,28H,15H2,1H3,(H,27,30)(H,29,31)/b22-13-. The Morgan fingerprint density at radius 1 is 1.12 bits per heavy atom. The summed E-state index contributed by atoms with van der Waals surface area (Å²) in [6.07, 6.45) is 1.79. The Labute approximate surface area is 206 Å². The molecule has 1 heterocycles. The van der Waals surface area contributed by atoms with Crippen LogP contribution in [0.3, 0.4) is 0 Å². The van der Waals surface area contributed by atoms with Gasteiger partial charge in [-0.25, -0.2) is 0 Å². The predicted molar refractivity (Wildman–Crippen MR) is 136 cm³/mol. The van der Waals surface area contributed by atoms with Crippen LogP contribution in [-0.4, -0.2) is 31.0 Å². The highest BCUT2D eigenvalue weighted by Gasteiger charge is 2.27. The first-order chi connectivity index (χ1) is 16.5. The number of ether oxygens (including phenoxy) is 2. The molecular formula is C25H22ClN3O4S. The number of benzene rings is 3. The third-order valence-electron chi connectivity index (χ3n) is 4.78. The first kappa shape index (κ1) is 23.5. The van der Waals surface area contributed by atoms with Crippen molar-refractivity contribution in [3.8, 4) is 11.5 Å². The molecule has 9 heteroatoms. The minimum atomic E-state index is -0.364. The summed E-state index contributed by atoms with van der Waals surface area (Å²) in [5.74, 6) is 0.763. The molecule has 3 N–H and O–H groups in total. The number of halogens is 1. The third kappa shape index (κ3) is 6.24. The van der Waals surface area contributed by atoms with Crippen LogP contribution in [0.5, 0.6) is 11.5 Å². The normalized spacial score (nSPS) is 16.1. The smallest absolute Gasteiger partial charge is 0.262 e. The van der Waals surface area contributed by atoms with Gasteiger partial charge in [0.25, 0.3) is 11.8 Å². The second kappa shape index (κ2) is 11.0. The van der Waals surface area contributed by atoms with Gasteiger partial charge in [-0.15, -0.1) is 0 Å². The summed E-state index contributed by atoms with van der Waals surface area (Å²) in [4.78, 5) is 25.0. The van der Waals surface area contributed by atoms with E-state index in [4.69, 9.17) is 21.1 Å². The number of hydrogen-bond acceptors (Lipinski definition) is 6. The van der Waals surface area contributed by atoms with Gasteiger partial charge in [0.2, 0.25) is 0 Å². The van der Waals surface area contributed by atoms with Gasteiger partial charge in [0, 0.05) is 10.7 Å². The maximum absolute atomic E-state index is 12.4. The fraction of sp³-hybridized carbons (Fsp3) is 0.120. The Kier molecular flexibility index (Phi) is 7.61. The molecule has 4 rings (SSSR count). The molecule has 34 heavy (non-hydrogen) atoms. The van der Waals surface area contributed by atoms with E-state index in [1.807, 2.05) is 42.5 Å². The zero-order valence-corrected chi connectivity index (χ0v) is 19.8. The number of nitrogens with one attached hydrogen (secondary N) is 3. The van der Waals surface area contributed by atoms with Crippen molar-refractivity contribution in [3.05, 3.63) is 88.3 Å². The lowest BCUT2D eigenvalue weighted by Gasteiger charge is -2.15. The first-order valence-corrected chi connectivity index (χ1v) is 11.6. The second-order valence-electron chi connectivity index (χ2n) is 7.24. The van der Waals surface area contributed by atoms with Crippen molar-refractivity contribution in [3.63, 3.8) is 0 Å². The van der Waals surface area contributed by atoms with Gasteiger partial charge in [0.1, 0.15) is 11.5 Å². The molecule has 1 aliphatic heterocycles. The molecule has 1 unspecified atom stereocenters. The van der Waals surface area contributed by atoms with Gasteiger partial charge in [0.05, 0.1) is 17.7 Å². The fourth-order valence-electron chi connectivity index (χ4n) is 3.18. The Hall–Kier alpha value is -3.62. The zero-order valence-electron chi connectivity index (χ0n) is 18.2. The first-order valence-electron chi connectivity index (χ1n) is 10.4. The molecule has 1 aliphatic rings. The van der Waals surface area contributed by atoms with Crippen molar-refractivity contribution in [1.82, 2.24) is 5.32 Å². The topological polar surface area (TPSA) is 88.7 Å². The van der Waals surface area contributed by atoms with Crippen LogP contribution in [0.2, 0.25) is 5.02 Å². The van der Waals surface area contributed by atoms with Crippen LogP contribution in [0.4, 0.5) is 11.4 Å². The van der Waals surface area contributed by atoms with E-state index in [0.29, 0.717) is 32.8 Å². The van der Waals surface area contributed by atoms with Gasteiger partial charge >= 0.3 is 0 Å². The fourth-order valence-corrected chi connectivity index (χ4v) is 4.33. The zero-order chi connectivity index (χ0) is 23.9. The Morgan fingerprint density at radius 3 is 2.62 bits per heavy atom. The van der Waals surface area contributed by atoms with Crippen LogP contribution >= 0.6 is 23.4 Å². The average molecular weight is 496 g/mol. The van der Waals surface area contributed by atoms with Crippen molar-refractivity contribution in [2.24, 2.45) is 0 Å². The number of hydrogen-bond donors (Lipinski definition) is 3. The summed E-state index contributed by atoms with van der Waals surface area (Å²) in [5.41, 5.74) is 1.87. The lowest BCUT2D eigenvalue weighted by molar-refractivity contribution is -0.118. The van der Waals surface area contributed by atoms with Crippen LogP contribution in [0.15, 0.2) is 77.7 Å². The van der Waals surface area contributed by atoms with Gasteiger partial charge < -0.3 is 25.4 Å². The molecule has 0 saturated carbocycles. The van der Waals surface area contributed by atoms with Gasteiger partial charge in [-0.3, -0.25) is 9.59 Å². The van der Waals surface area contributed by atoms with Gasteiger partial charge in [-0.2, -0.15) is 0 Å². The van der Waals surface area contributed by atoms with Gasteiger partial charge in [-0.1, -0.05) is 53.7 Å². The summed E-state index contributed by atoms with van der Waals surface area (Å²) in [6, 6.07) is 21.6. The molecule has 1 fully saturated rings. The van der Waals surface area contributed by atoms with Crippen LogP contribution in [0.1, 0.15) is 5.56 Å². The quantitative estimate of drug-likeness (QED) is 0.382. The van der Waals surface area contributed by atoms with E-state index >= 15 is 0 Å². The highest BCUT2D eigenvalue weighted by atomic mass is 35.5. The molecule has 0 spiro atoms. The average Bonchev–Trinajstić information content (AvgIpc) is 3.17. The summed E-state index contributed by atoms with van der Waals surface area (Å²) >= 11 is 7.44. The molecule has 3 aromatic carbocycles. The maximum atomic E-state index is 12.4. The SMILES string of the molecule is COc1ccc(Cl)cc1NC1NC(=O)/C(=C/c2ccc(OCC(=O)Nc3ccccc3)cc2)S1. The van der Waals surface area contributed by atoms with E-state index in [-0.39, 0.29) is 23.9 Å². The van der Waals surface area contributed by atoms with E-state index in [1.54, 1.807) is 43.5 Å². The van der Waals surface area contributed by atoms with E-state index in [2.05, 4.69) is 16.0 Å². The number of anilines is 2. The van der Waals surface area contributed by atoms with Crippen molar-refractivity contribution >= 4 is 52.6 Å². The molecule has 1 saturated heterocycles. The van der Waals surface area contributed by atoms with Crippen molar-refractivity contribution < 1.29 is 19.1 Å². The van der Waals surface area contributed by atoms with Crippen LogP contribution in [0, 0.1) is 0 Å². The molecule has 2 amide bonds. The molecule has 3 aromatic rings. The second-order valence-corrected chi connectivity index (χ2v) is 8.82. The maximum Gasteiger partial charge on any atom is 0.262 e. The minimum Gasteiger partial charge on any atom is -0.495 e. The molecule has 174 valence electrons. The predicted octanol–water partition coefficient (Wildman–Crippen LogP) is 4.97. The number of amides is 2. The Morgan fingerprint density at radius 2 is 1.88 bits per heavy atom. The summed E-state index contributed by atoms with van der Waals surface area (Å²) in [5, 5.41) is 9.44. The highest BCUT2D eigenvalue weighted by Crippen LogP contribution is 2.34. The number of methoxy groups -OCH3 is 1. The number of carbonyl (C=O) groups is 2. The van der Waals surface area contributed by atoms with Crippen molar-refractivity contribution in [2.45, 2.75) is 5.50 Å². The number of rotatable bonds is 8. The monoisotopic (exact) mass is 495 g/mol.